The molecule has 0 radical (unpaired) electrons. The lowest BCUT2D eigenvalue weighted by molar-refractivity contribution is 0.814. The Hall–Kier alpha value is -1.40. The molecule has 0 saturated carbocycles. The molecule has 0 aromatic carbocycles. The Balaban J connectivity index is 2.29. The van der Waals surface area contributed by atoms with E-state index in [1.165, 1.54) is 24.0 Å². The lowest BCUT2D eigenvalue weighted by atomic mass is 10.2. The second kappa shape index (κ2) is 5.97. The summed E-state index contributed by atoms with van der Waals surface area (Å²) in [6.07, 6.45) is 4.76. The summed E-state index contributed by atoms with van der Waals surface area (Å²) >= 11 is 7.10. The predicted octanol–water partition coefficient (Wildman–Crippen LogP) is 2.32. The zero-order valence-corrected chi connectivity index (χ0v) is 11.3. The van der Waals surface area contributed by atoms with Crippen molar-refractivity contribution in [3.8, 4) is 0 Å². The van der Waals surface area contributed by atoms with Crippen LogP contribution in [0, 0.1) is 0 Å². The number of nitrogens with zero attached hydrogens (tertiary/aromatic N) is 3. The van der Waals surface area contributed by atoms with Gasteiger partial charge in [0, 0.05) is 24.2 Å². The zero-order chi connectivity index (χ0) is 13.0. The molecule has 0 amide bonds. The topological polar surface area (TPSA) is 71.5 Å². The quantitative estimate of drug-likeness (QED) is 0.872. The van der Waals surface area contributed by atoms with Gasteiger partial charge in [0.2, 0.25) is 0 Å². The largest absolute Gasteiger partial charge is 0.301 e. The highest BCUT2D eigenvalue weighted by Gasteiger charge is 2.08. The van der Waals surface area contributed by atoms with Crippen molar-refractivity contribution < 1.29 is 0 Å². The Morgan fingerprint density at radius 1 is 1.39 bits per heavy atom. The van der Waals surface area contributed by atoms with E-state index >= 15 is 0 Å². The maximum atomic E-state index is 11.5. The third-order valence-corrected chi connectivity index (χ3v) is 3.36. The van der Waals surface area contributed by atoms with Gasteiger partial charge in [0.05, 0.1) is 0 Å². The second-order valence-corrected chi connectivity index (χ2v) is 4.88. The van der Waals surface area contributed by atoms with E-state index in [2.05, 4.69) is 19.9 Å². The molecule has 94 valence electrons. The molecule has 0 fully saturated rings. The molecule has 0 aliphatic rings. The molecule has 0 bridgehead atoms. The molecule has 7 heteroatoms. The molecule has 2 rings (SSSR count). The van der Waals surface area contributed by atoms with Crippen LogP contribution in [-0.4, -0.2) is 19.9 Å². The van der Waals surface area contributed by atoms with Crippen molar-refractivity contribution in [2.24, 2.45) is 0 Å². The first-order valence-corrected chi connectivity index (χ1v) is 6.63. The second-order valence-electron chi connectivity index (χ2n) is 3.55. The summed E-state index contributed by atoms with van der Waals surface area (Å²) in [6, 6.07) is 1.51. The molecule has 18 heavy (non-hydrogen) atoms. The highest BCUT2D eigenvalue weighted by atomic mass is 35.5. The van der Waals surface area contributed by atoms with Gasteiger partial charge in [0.25, 0.3) is 5.56 Å². The van der Waals surface area contributed by atoms with Crippen LogP contribution in [0.25, 0.3) is 0 Å². The summed E-state index contributed by atoms with van der Waals surface area (Å²) in [4.78, 5) is 26.5. The van der Waals surface area contributed by atoms with Crippen molar-refractivity contribution in [3.05, 3.63) is 39.7 Å². The number of rotatable bonds is 4. The van der Waals surface area contributed by atoms with E-state index in [0.29, 0.717) is 15.3 Å². The molecule has 0 spiro atoms. The first-order valence-electron chi connectivity index (χ1n) is 5.43. The van der Waals surface area contributed by atoms with Crippen LogP contribution in [0.5, 0.6) is 0 Å². The SMILES string of the molecule is CCCc1cc(=O)[nH]c(Sc2nccnc2Cl)n1. The van der Waals surface area contributed by atoms with Crippen LogP contribution in [0.15, 0.2) is 33.4 Å². The molecule has 0 saturated heterocycles. The van der Waals surface area contributed by atoms with Crippen LogP contribution >= 0.6 is 23.4 Å². The van der Waals surface area contributed by atoms with E-state index in [4.69, 9.17) is 11.6 Å². The van der Waals surface area contributed by atoms with Crippen molar-refractivity contribution in [1.82, 2.24) is 19.9 Å². The number of aryl methyl sites for hydroxylation is 1. The van der Waals surface area contributed by atoms with Crippen molar-refractivity contribution in [1.29, 1.82) is 0 Å². The molecule has 0 atom stereocenters. The fourth-order valence-corrected chi connectivity index (χ4v) is 2.35. The monoisotopic (exact) mass is 282 g/mol. The van der Waals surface area contributed by atoms with Gasteiger partial charge in [0.15, 0.2) is 10.3 Å². The summed E-state index contributed by atoms with van der Waals surface area (Å²) in [5.41, 5.74) is 0.597. The fraction of sp³-hybridized carbons (Fsp3) is 0.273. The summed E-state index contributed by atoms with van der Waals surface area (Å²) < 4.78 is 0. The standard InChI is InChI=1S/C11H11ClN4OS/c1-2-3-7-6-8(17)16-11(15-7)18-10-9(12)13-4-5-14-10/h4-6H,2-3H2,1H3,(H,15,16,17). The van der Waals surface area contributed by atoms with Gasteiger partial charge < -0.3 is 4.98 Å². The van der Waals surface area contributed by atoms with Crippen LogP contribution in [0.4, 0.5) is 0 Å². The number of halogens is 1. The molecular weight excluding hydrogens is 272 g/mol. The number of hydrogen-bond donors (Lipinski definition) is 1. The summed E-state index contributed by atoms with van der Waals surface area (Å²) in [6.45, 7) is 2.04. The van der Waals surface area contributed by atoms with Gasteiger partial charge in [-0.2, -0.15) is 0 Å². The number of aromatic nitrogens is 4. The first kappa shape index (κ1) is 13.0. The average Bonchev–Trinajstić information content (AvgIpc) is 2.32. The summed E-state index contributed by atoms with van der Waals surface area (Å²) in [5.74, 6) is 0. The first-order chi connectivity index (χ1) is 8.69. The minimum absolute atomic E-state index is 0.170. The smallest absolute Gasteiger partial charge is 0.251 e. The predicted molar refractivity (Wildman–Crippen MR) is 70.0 cm³/mol. The van der Waals surface area contributed by atoms with Gasteiger partial charge in [-0.05, 0) is 18.2 Å². The van der Waals surface area contributed by atoms with Crippen LogP contribution < -0.4 is 5.56 Å². The van der Waals surface area contributed by atoms with Gasteiger partial charge in [-0.25, -0.2) is 15.0 Å². The zero-order valence-electron chi connectivity index (χ0n) is 9.68. The molecule has 2 aromatic rings. The Kier molecular flexibility index (Phi) is 4.33. The van der Waals surface area contributed by atoms with Crippen molar-refractivity contribution >= 4 is 23.4 Å². The van der Waals surface area contributed by atoms with Gasteiger partial charge in [-0.3, -0.25) is 4.79 Å². The average molecular weight is 283 g/mol. The Morgan fingerprint density at radius 3 is 2.89 bits per heavy atom. The Bertz CT molecular complexity index is 602. The normalized spacial score (nSPS) is 10.6. The molecule has 2 aromatic heterocycles. The van der Waals surface area contributed by atoms with Crippen LogP contribution in [0.1, 0.15) is 19.0 Å². The molecule has 1 N–H and O–H groups in total. The van der Waals surface area contributed by atoms with E-state index in [1.54, 1.807) is 6.20 Å². The fourth-order valence-electron chi connectivity index (χ4n) is 1.38. The van der Waals surface area contributed by atoms with Gasteiger partial charge in [-0.15, -0.1) is 0 Å². The van der Waals surface area contributed by atoms with Crippen LogP contribution in [0.3, 0.4) is 0 Å². The highest BCUT2D eigenvalue weighted by Crippen LogP contribution is 2.26. The number of hydrogen-bond acceptors (Lipinski definition) is 5. The maximum absolute atomic E-state index is 11.5. The summed E-state index contributed by atoms with van der Waals surface area (Å²) in [7, 11) is 0. The van der Waals surface area contributed by atoms with Gasteiger partial charge in [-0.1, -0.05) is 24.9 Å². The lowest BCUT2D eigenvalue weighted by Crippen LogP contribution is -2.10. The Labute approximate surface area is 113 Å². The van der Waals surface area contributed by atoms with Crippen molar-refractivity contribution in [2.45, 2.75) is 29.9 Å². The van der Waals surface area contributed by atoms with E-state index in [1.807, 2.05) is 6.92 Å². The van der Waals surface area contributed by atoms with Crippen LogP contribution in [-0.2, 0) is 6.42 Å². The number of H-pyrrole nitrogens is 1. The van der Waals surface area contributed by atoms with Crippen molar-refractivity contribution in [3.63, 3.8) is 0 Å². The third-order valence-electron chi connectivity index (χ3n) is 2.10. The number of aromatic amines is 1. The van der Waals surface area contributed by atoms with E-state index in [-0.39, 0.29) is 5.56 Å². The highest BCUT2D eigenvalue weighted by molar-refractivity contribution is 7.99. The molecular formula is C11H11ClN4OS. The molecule has 2 heterocycles. The molecule has 5 nitrogen and oxygen atoms in total. The van der Waals surface area contributed by atoms with E-state index < -0.39 is 0 Å². The van der Waals surface area contributed by atoms with Gasteiger partial charge >= 0.3 is 0 Å². The van der Waals surface area contributed by atoms with Gasteiger partial charge in [0.1, 0.15) is 5.03 Å². The Morgan fingerprint density at radius 2 is 2.17 bits per heavy atom. The van der Waals surface area contributed by atoms with E-state index in [9.17, 15) is 4.79 Å². The minimum Gasteiger partial charge on any atom is -0.301 e. The van der Waals surface area contributed by atoms with E-state index in [0.717, 1.165) is 18.5 Å². The third kappa shape index (κ3) is 3.30. The summed E-state index contributed by atoms with van der Waals surface area (Å²) in [5, 5.41) is 1.30. The molecule has 0 unspecified atom stereocenters. The number of nitrogens with one attached hydrogen (secondary N) is 1. The molecule has 0 aliphatic heterocycles. The van der Waals surface area contributed by atoms with Crippen LogP contribution in [0.2, 0.25) is 5.15 Å². The van der Waals surface area contributed by atoms with Crippen molar-refractivity contribution in [2.75, 3.05) is 0 Å². The molecule has 0 aliphatic carbocycles. The lowest BCUT2D eigenvalue weighted by Gasteiger charge is -2.03. The maximum Gasteiger partial charge on any atom is 0.251 e. The minimum atomic E-state index is -0.170.